The van der Waals surface area contributed by atoms with Crippen LogP contribution < -0.4 is 4.06 Å². The minimum Gasteiger partial charge on any atom is -0.265 e. The number of hydrogen-bond donors (Lipinski definition) is 0. The molecule has 0 bridgehead atoms. The summed E-state index contributed by atoms with van der Waals surface area (Å²) in [7, 11) is -3.42. The van der Waals surface area contributed by atoms with Crippen LogP contribution in [0.5, 0.6) is 0 Å². The van der Waals surface area contributed by atoms with Crippen LogP contribution >= 0.6 is 22.7 Å². The van der Waals surface area contributed by atoms with E-state index in [1.54, 1.807) is 31.2 Å². The fourth-order valence-electron chi connectivity index (χ4n) is 2.21. The van der Waals surface area contributed by atoms with Crippen LogP contribution in [-0.4, -0.2) is 8.42 Å². The van der Waals surface area contributed by atoms with Crippen LogP contribution in [0.25, 0.3) is 9.40 Å². The summed E-state index contributed by atoms with van der Waals surface area (Å²) < 4.78 is 26.8. The molecule has 0 aliphatic rings. The molecule has 21 heavy (non-hydrogen) atoms. The van der Waals surface area contributed by atoms with Gasteiger partial charge in [-0.25, -0.2) is 8.42 Å². The molecule has 0 amide bonds. The Morgan fingerprint density at radius 2 is 1.62 bits per heavy atom. The lowest BCUT2D eigenvalue weighted by atomic mass is 10.2. The second-order valence-corrected chi connectivity index (χ2v) is 9.01. The number of hydrogen-bond acceptors (Lipinski definition) is 5. The molecule has 6 heteroatoms. The highest BCUT2D eigenvalue weighted by Gasteiger charge is 2.19. The van der Waals surface area contributed by atoms with Gasteiger partial charge in [0.1, 0.15) is 0 Å². The molecule has 0 fully saturated rings. The highest BCUT2D eigenvalue weighted by molar-refractivity contribution is 7.90. The average Bonchev–Trinajstić information content (AvgIpc) is 2.77. The summed E-state index contributed by atoms with van der Waals surface area (Å²) in [5.41, 5.74) is 1.45. The Bertz CT molecular complexity index is 951. The van der Waals surface area contributed by atoms with Gasteiger partial charge in [0.25, 0.3) is 4.06 Å². The van der Waals surface area contributed by atoms with Gasteiger partial charge in [-0.1, -0.05) is 53.0 Å². The van der Waals surface area contributed by atoms with Crippen LogP contribution in [0.2, 0.25) is 0 Å². The third kappa shape index (κ3) is 2.92. The molecular weight excluding hydrogens is 324 g/mol. The first kappa shape index (κ1) is 14.4. The first-order valence-electron chi connectivity index (χ1n) is 6.27. The molecule has 0 atom stereocenters. The topological polar surface area (TPSA) is 51.2 Å². The predicted molar refractivity (Wildman–Crippen MR) is 88.0 cm³/mol. The van der Waals surface area contributed by atoms with E-state index >= 15 is 0 Å². The third-order valence-electron chi connectivity index (χ3n) is 3.16. The van der Waals surface area contributed by atoms with E-state index in [1.807, 2.05) is 18.2 Å². The Morgan fingerprint density at radius 1 is 1.00 bits per heavy atom. The summed E-state index contributed by atoms with van der Waals surface area (Å²) in [6.07, 6.45) is 0. The normalized spacial score (nSPS) is 11.9. The van der Waals surface area contributed by atoms with Gasteiger partial charge in [-0.3, -0.25) is 4.79 Å². The zero-order chi connectivity index (χ0) is 15.0. The summed E-state index contributed by atoms with van der Waals surface area (Å²) in [5, 5.41) is 0. The largest absolute Gasteiger partial charge is 0.288 e. The van der Waals surface area contributed by atoms with Gasteiger partial charge in [-0.05, 0) is 30.2 Å². The van der Waals surface area contributed by atoms with Gasteiger partial charge in [0.05, 0.1) is 15.3 Å². The number of fused-ring (bicyclic) bond motifs is 1. The maximum Gasteiger partial charge on any atom is 0.288 e. The van der Waals surface area contributed by atoms with Gasteiger partial charge in [-0.2, -0.15) is 0 Å². The molecule has 1 aromatic heterocycles. The van der Waals surface area contributed by atoms with Crippen LogP contribution in [0, 0.1) is 6.92 Å². The molecule has 0 radical (unpaired) electrons. The Balaban J connectivity index is 2.10. The maximum absolute atomic E-state index is 12.6. The van der Waals surface area contributed by atoms with Gasteiger partial charge in [0.2, 0.25) is 0 Å². The molecule has 3 rings (SSSR count). The molecule has 0 spiro atoms. The number of benzene rings is 2. The molecule has 0 saturated carbocycles. The van der Waals surface area contributed by atoms with Crippen LogP contribution in [0.15, 0.2) is 52.2 Å². The predicted octanol–water partition coefficient (Wildman–Crippen LogP) is 3.61. The lowest BCUT2D eigenvalue weighted by Crippen LogP contribution is -2.06. The Morgan fingerprint density at radius 3 is 2.29 bits per heavy atom. The lowest BCUT2D eigenvalue weighted by molar-refractivity contribution is 0.595. The Kier molecular flexibility index (Phi) is 3.69. The van der Waals surface area contributed by atoms with Crippen molar-refractivity contribution in [2.45, 2.75) is 17.6 Å². The number of sulfone groups is 1. The van der Waals surface area contributed by atoms with Gasteiger partial charge in [0, 0.05) is 4.70 Å². The van der Waals surface area contributed by atoms with E-state index in [0.717, 1.165) is 37.6 Å². The quantitative estimate of drug-likeness (QED) is 0.734. The van der Waals surface area contributed by atoms with Crippen molar-refractivity contribution in [3.63, 3.8) is 0 Å². The van der Waals surface area contributed by atoms with Crippen LogP contribution in [0.3, 0.4) is 0 Å². The summed E-state index contributed by atoms with van der Waals surface area (Å²) >= 11 is 2.25. The zero-order valence-electron chi connectivity index (χ0n) is 11.2. The van der Waals surface area contributed by atoms with E-state index in [9.17, 15) is 13.2 Å². The summed E-state index contributed by atoms with van der Waals surface area (Å²) in [6, 6.07) is 12.5. The van der Waals surface area contributed by atoms with Gasteiger partial charge < -0.3 is 0 Å². The molecule has 2 aromatic carbocycles. The first-order chi connectivity index (χ1) is 9.95. The summed E-state index contributed by atoms with van der Waals surface area (Å²) in [4.78, 5) is 11.8. The molecule has 3 aromatic rings. The van der Waals surface area contributed by atoms with Crippen LogP contribution in [0.4, 0.5) is 0 Å². The van der Waals surface area contributed by atoms with E-state index in [2.05, 4.69) is 0 Å². The first-order valence-corrected chi connectivity index (χ1v) is 9.55. The fourth-order valence-corrected chi connectivity index (χ4v) is 5.96. The van der Waals surface area contributed by atoms with Gasteiger partial charge >= 0.3 is 0 Å². The second kappa shape index (κ2) is 5.36. The molecule has 0 aliphatic carbocycles. The van der Waals surface area contributed by atoms with Crippen molar-refractivity contribution in [3.05, 3.63) is 62.4 Å². The third-order valence-corrected chi connectivity index (χ3v) is 7.06. The second-order valence-electron chi connectivity index (χ2n) is 4.76. The summed E-state index contributed by atoms with van der Waals surface area (Å²) in [5.74, 6) is -0.0285. The summed E-state index contributed by atoms with van der Waals surface area (Å²) in [6.45, 7) is 1.77. The minimum absolute atomic E-state index is 0.0120. The van der Waals surface area contributed by atoms with E-state index in [0.29, 0.717) is 10.5 Å². The van der Waals surface area contributed by atoms with E-state index in [1.165, 1.54) is 0 Å². The standard InChI is InChI=1S/C15H12O3S3/c1-10-7-12-13(20-15(16)19-12)8-14(10)21(17,18)9-11-5-3-2-4-6-11/h2-8H,9H2,1H3. The Hall–Kier alpha value is -1.50. The Labute approximate surface area is 130 Å². The van der Waals surface area contributed by atoms with Gasteiger partial charge in [0.15, 0.2) is 9.84 Å². The fraction of sp³-hybridized carbons (Fsp3) is 0.133. The molecule has 1 heterocycles. The van der Waals surface area contributed by atoms with Crippen molar-refractivity contribution >= 4 is 41.9 Å². The smallest absolute Gasteiger partial charge is 0.265 e. The molecule has 108 valence electrons. The molecule has 0 N–H and O–H groups in total. The van der Waals surface area contributed by atoms with E-state index < -0.39 is 9.84 Å². The van der Waals surface area contributed by atoms with E-state index in [4.69, 9.17) is 0 Å². The maximum atomic E-state index is 12.6. The van der Waals surface area contributed by atoms with Crippen LogP contribution in [-0.2, 0) is 15.6 Å². The van der Waals surface area contributed by atoms with Crippen LogP contribution in [0.1, 0.15) is 11.1 Å². The number of rotatable bonds is 3. The van der Waals surface area contributed by atoms with Crippen molar-refractivity contribution in [1.29, 1.82) is 0 Å². The minimum atomic E-state index is -3.42. The molecule has 0 unspecified atom stereocenters. The van der Waals surface area contributed by atoms with E-state index in [-0.39, 0.29) is 9.81 Å². The lowest BCUT2D eigenvalue weighted by Gasteiger charge is -2.08. The average molecular weight is 336 g/mol. The van der Waals surface area contributed by atoms with Crippen molar-refractivity contribution in [1.82, 2.24) is 0 Å². The van der Waals surface area contributed by atoms with Crippen molar-refractivity contribution in [2.24, 2.45) is 0 Å². The highest BCUT2D eigenvalue weighted by atomic mass is 32.2. The highest BCUT2D eigenvalue weighted by Crippen LogP contribution is 2.29. The molecule has 0 aliphatic heterocycles. The SMILES string of the molecule is Cc1cc2sc(=O)sc2cc1S(=O)(=O)Cc1ccccc1. The monoisotopic (exact) mass is 336 g/mol. The number of aryl methyl sites for hydroxylation is 1. The molecular formula is C15H12O3S3. The van der Waals surface area contributed by atoms with Crippen molar-refractivity contribution in [3.8, 4) is 0 Å². The van der Waals surface area contributed by atoms with Gasteiger partial charge in [-0.15, -0.1) is 0 Å². The van der Waals surface area contributed by atoms with Crippen molar-refractivity contribution in [2.75, 3.05) is 0 Å². The van der Waals surface area contributed by atoms with Crippen molar-refractivity contribution < 1.29 is 8.42 Å². The molecule has 3 nitrogen and oxygen atoms in total. The zero-order valence-corrected chi connectivity index (χ0v) is 13.6. The molecule has 0 saturated heterocycles.